The molecule has 10 unspecified atom stereocenters. The third-order valence-corrected chi connectivity index (χ3v) is 13.5. The minimum Gasteiger partial charge on any atom is -0.469 e. The molecular weight excluding hydrogens is 520 g/mol. The molecule has 4 saturated carbocycles. The fourth-order valence-corrected chi connectivity index (χ4v) is 11.6. The third-order valence-electron chi connectivity index (χ3n) is 13.5. The molecule has 228 valence electrons. The smallest absolute Gasteiger partial charge is 0.316 e. The zero-order valence-electron chi connectivity index (χ0n) is 26.6. The van der Waals surface area contributed by atoms with Crippen LogP contribution < -0.4 is 0 Å². The molecule has 10 atom stereocenters. The van der Waals surface area contributed by atoms with Gasteiger partial charge in [0.15, 0.2) is 5.78 Å². The molecule has 5 rings (SSSR count). The van der Waals surface area contributed by atoms with Gasteiger partial charge in [0.25, 0.3) is 0 Å². The number of fused-ring (bicyclic) bond motifs is 7. The average molecular weight is 571 g/mol. The van der Waals surface area contributed by atoms with E-state index < -0.39 is 16.2 Å². The lowest BCUT2D eigenvalue weighted by Crippen LogP contribution is -2.70. The second-order valence-corrected chi connectivity index (χ2v) is 15.3. The Morgan fingerprint density at radius 1 is 0.854 bits per heavy atom. The Kier molecular flexibility index (Phi) is 7.14. The molecule has 0 aromatic rings. The van der Waals surface area contributed by atoms with Gasteiger partial charge in [-0.1, -0.05) is 41.5 Å². The summed E-state index contributed by atoms with van der Waals surface area (Å²) >= 11 is 0. The monoisotopic (exact) mass is 570 g/mol. The summed E-state index contributed by atoms with van der Waals surface area (Å²) in [5.41, 5.74) is -2.27. The van der Waals surface area contributed by atoms with Crippen LogP contribution in [0.25, 0.3) is 0 Å². The Morgan fingerprint density at radius 2 is 1.51 bits per heavy atom. The average Bonchev–Trinajstić information content (AvgIpc) is 2.90. The summed E-state index contributed by atoms with van der Waals surface area (Å²) in [6.45, 7) is 14.6. The molecule has 5 aliphatic carbocycles. The van der Waals surface area contributed by atoms with Gasteiger partial charge in [0, 0.05) is 24.2 Å². The summed E-state index contributed by atoms with van der Waals surface area (Å²) < 4.78 is 16.9. The molecule has 5 aliphatic rings. The topological polar surface area (TPSA) is 96.0 Å². The molecule has 7 heteroatoms. The molecule has 0 spiro atoms. The molecule has 0 aliphatic heterocycles. The van der Waals surface area contributed by atoms with E-state index in [0.717, 1.165) is 24.8 Å². The number of hydrogen-bond donors (Lipinski definition) is 0. The second-order valence-electron chi connectivity index (χ2n) is 15.3. The standard InChI is InChI=1S/C34H50O7/c1-19-10-15-33(28(37)39-8)16-17-34(29(38)40-9)22(26(33)20(19)2)18-23(36)27-31(6)13-12-25(41-21(3)35)30(4,5)24(31)11-14-32(27,34)7/h18-20,24-27H,10-17H2,1-9H3. The van der Waals surface area contributed by atoms with Crippen LogP contribution in [0.3, 0.4) is 0 Å². The molecule has 0 amide bonds. The highest BCUT2D eigenvalue weighted by molar-refractivity contribution is 6.00. The molecule has 0 aromatic heterocycles. The molecular formula is C34H50O7. The zero-order chi connectivity index (χ0) is 30.3. The number of rotatable bonds is 3. The van der Waals surface area contributed by atoms with E-state index in [0.29, 0.717) is 38.0 Å². The van der Waals surface area contributed by atoms with E-state index in [1.807, 2.05) is 0 Å². The van der Waals surface area contributed by atoms with Crippen molar-refractivity contribution in [3.8, 4) is 0 Å². The van der Waals surface area contributed by atoms with Crippen LogP contribution in [0.15, 0.2) is 11.6 Å². The lowest BCUT2D eigenvalue weighted by atomic mass is 9.32. The minimum absolute atomic E-state index is 0.0713. The largest absolute Gasteiger partial charge is 0.469 e. The summed E-state index contributed by atoms with van der Waals surface area (Å²) in [6, 6.07) is 0. The molecule has 41 heavy (non-hydrogen) atoms. The molecule has 0 N–H and O–H groups in total. The van der Waals surface area contributed by atoms with Gasteiger partial charge >= 0.3 is 17.9 Å². The molecule has 0 bridgehead atoms. The van der Waals surface area contributed by atoms with Gasteiger partial charge in [0.05, 0.1) is 25.0 Å². The van der Waals surface area contributed by atoms with E-state index >= 15 is 0 Å². The Morgan fingerprint density at radius 3 is 2.12 bits per heavy atom. The van der Waals surface area contributed by atoms with Crippen molar-refractivity contribution >= 4 is 23.7 Å². The number of hydrogen-bond acceptors (Lipinski definition) is 7. The van der Waals surface area contributed by atoms with Gasteiger partial charge in [-0.25, -0.2) is 0 Å². The van der Waals surface area contributed by atoms with E-state index in [1.54, 1.807) is 6.08 Å². The lowest BCUT2D eigenvalue weighted by molar-refractivity contribution is -0.220. The van der Waals surface area contributed by atoms with Crippen LogP contribution in [-0.2, 0) is 33.4 Å². The highest BCUT2D eigenvalue weighted by atomic mass is 16.5. The highest BCUT2D eigenvalue weighted by Gasteiger charge is 2.75. The maximum atomic E-state index is 14.6. The Hall–Kier alpha value is -2.18. The van der Waals surface area contributed by atoms with E-state index in [1.165, 1.54) is 21.1 Å². The van der Waals surface area contributed by atoms with Gasteiger partial charge < -0.3 is 14.2 Å². The predicted molar refractivity (Wildman–Crippen MR) is 153 cm³/mol. The number of esters is 3. The Bertz CT molecular complexity index is 1190. The summed E-state index contributed by atoms with van der Waals surface area (Å²) in [4.78, 5) is 54.5. The quantitative estimate of drug-likeness (QED) is 0.300. The van der Waals surface area contributed by atoms with E-state index in [4.69, 9.17) is 14.2 Å². The first-order chi connectivity index (χ1) is 19.1. The summed E-state index contributed by atoms with van der Waals surface area (Å²) in [6.07, 6.45) is 7.16. The maximum Gasteiger partial charge on any atom is 0.316 e. The van der Waals surface area contributed by atoms with E-state index in [-0.39, 0.29) is 64.3 Å². The number of allylic oxidation sites excluding steroid dienone is 1. The maximum absolute atomic E-state index is 14.6. The minimum atomic E-state index is -0.987. The fraction of sp³-hybridized carbons (Fsp3) is 0.824. The molecule has 0 aromatic carbocycles. The number of ketones is 1. The summed E-state index contributed by atoms with van der Waals surface area (Å²) in [5, 5.41) is 0. The molecule has 7 nitrogen and oxygen atoms in total. The Labute approximate surface area is 245 Å². The van der Waals surface area contributed by atoms with Crippen molar-refractivity contribution in [2.45, 2.75) is 106 Å². The Balaban J connectivity index is 1.70. The first-order valence-electron chi connectivity index (χ1n) is 15.7. The summed E-state index contributed by atoms with van der Waals surface area (Å²) in [5.74, 6) is -0.733. The van der Waals surface area contributed by atoms with Gasteiger partial charge in [-0.3, -0.25) is 19.2 Å². The third kappa shape index (κ3) is 3.75. The van der Waals surface area contributed by atoms with Crippen LogP contribution in [0.1, 0.15) is 99.8 Å². The molecule has 4 fully saturated rings. The van der Waals surface area contributed by atoms with E-state index in [9.17, 15) is 19.2 Å². The SMILES string of the molecule is COC(=O)C12CCC(C)C(C)C1C1=CC(=O)C3C4(C)CCC(OC(C)=O)C(C)(C)C4CCC3(C)C1(C(=O)OC)CC2. The molecule has 0 radical (unpaired) electrons. The van der Waals surface area contributed by atoms with Crippen molar-refractivity contribution in [2.24, 2.45) is 56.7 Å². The number of methoxy groups -OCH3 is 2. The van der Waals surface area contributed by atoms with Crippen LogP contribution >= 0.6 is 0 Å². The predicted octanol–water partition coefficient (Wildman–Crippen LogP) is 6.08. The van der Waals surface area contributed by atoms with Crippen molar-refractivity contribution in [1.29, 1.82) is 0 Å². The van der Waals surface area contributed by atoms with Crippen molar-refractivity contribution in [3.05, 3.63) is 11.6 Å². The lowest BCUT2D eigenvalue weighted by Gasteiger charge is -2.70. The van der Waals surface area contributed by atoms with Gasteiger partial charge in [0.2, 0.25) is 0 Å². The van der Waals surface area contributed by atoms with Gasteiger partial charge in [-0.15, -0.1) is 0 Å². The van der Waals surface area contributed by atoms with Gasteiger partial charge in [0.1, 0.15) is 6.10 Å². The van der Waals surface area contributed by atoms with Crippen LogP contribution in [0, 0.1) is 56.7 Å². The molecule has 0 saturated heterocycles. The first-order valence-corrected chi connectivity index (χ1v) is 15.7. The summed E-state index contributed by atoms with van der Waals surface area (Å²) in [7, 11) is 2.91. The van der Waals surface area contributed by atoms with Gasteiger partial charge in [-0.05, 0) is 91.6 Å². The number of carbonyl (C=O) groups is 4. The van der Waals surface area contributed by atoms with Crippen LogP contribution in [-0.4, -0.2) is 44.0 Å². The van der Waals surface area contributed by atoms with Crippen molar-refractivity contribution in [3.63, 3.8) is 0 Å². The molecule has 0 heterocycles. The normalized spacial score (nSPS) is 46.5. The first kappa shape index (κ1) is 30.3. The van der Waals surface area contributed by atoms with Crippen LogP contribution in [0.5, 0.6) is 0 Å². The second kappa shape index (κ2) is 9.67. The highest BCUT2D eigenvalue weighted by Crippen LogP contribution is 2.75. The zero-order valence-corrected chi connectivity index (χ0v) is 26.6. The van der Waals surface area contributed by atoms with Gasteiger partial charge in [-0.2, -0.15) is 0 Å². The number of carbonyl (C=O) groups excluding carboxylic acids is 4. The number of ether oxygens (including phenoxy) is 3. The van der Waals surface area contributed by atoms with Crippen molar-refractivity contribution < 1.29 is 33.4 Å². The fourth-order valence-electron chi connectivity index (χ4n) is 11.6. The van der Waals surface area contributed by atoms with E-state index in [2.05, 4.69) is 41.5 Å². The van der Waals surface area contributed by atoms with Crippen LogP contribution in [0.2, 0.25) is 0 Å². The van der Waals surface area contributed by atoms with Crippen molar-refractivity contribution in [1.82, 2.24) is 0 Å². The van der Waals surface area contributed by atoms with Crippen LogP contribution in [0.4, 0.5) is 0 Å². The van der Waals surface area contributed by atoms with Crippen molar-refractivity contribution in [2.75, 3.05) is 14.2 Å².